The second-order valence-corrected chi connectivity index (χ2v) is 8.49. The Morgan fingerprint density at radius 3 is 2.37 bits per heavy atom. The summed E-state index contributed by atoms with van der Waals surface area (Å²) in [5.41, 5.74) is 2.46. The Hall–Kier alpha value is -0.903. The lowest BCUT2D eigenvalue weighted by molar-refractivity contribution is 0.201. The van der Waals surface area contributed by atoms with Gasteiger partial charge in [-0.25, -0.2) is 0 Å². The summed E-state index contributed by atoms with van der Waals surface area (Å²) in [5.74, 6) is 0. The van der Waals surface area contributed by atoms with E-state index in [4.69, 9.17) is 8.85 Å². The van der Waals surface area contributed by atoms with Crippen molar-refractivity contribution < 1.29 is 8.85 Å². The molecule has 0 aliphatic heterocycles. The fraction of sp³-hybridized carbons (Fsp3) is 0.500. The van der Waals surface area contributed by atoms with Crippen LogP contribution in [0.25, 0.3) is 6.08 Å². The molecule has 106 valence electrons. The van der Waals surface area contributed by atoms with E-state index in [1.54, 1.807) is 7.11 Å². The van der Waals surface area contributed by atoms with E-state index in [1.807, 2.05) is 6.08 Å². The smallest absolute Gasteiger partial charge is 0.337 e. The molecule has 0 aromatic heterocycles. The van der Waals surface area contributed by atoms with Gasteiger partial charge in [0.15, 0.2) is 0 Å². The molecule has 1 aromatic carbocycles. The predicted octanol–water partition coefficient (Wildman–Crippen LogP) is 4.41. The Balaban J connectivity index is 2.48. The first kappa shape index (κ1) is 16.2. The largest absolute Gasteiger partial charge is 0.398 e. The summed E-state index contributed by atoms with van der Waals surface area (Å²) in [7, 11) is -0.135. The Kier molecular flexibility index (Phi) is 7.06. The van der Waals surface area contributed by atoms with Gasteiger partial charge >= 0.3 is 8.56 Å². The monoisotopic (exact) mass is 278 g/mol. The molecule has 0 saturated carbocycles. The van der Waals surface area contributed by atoms with Crippen LogP contribution in [0.2, 0.25) is 12.1 Å². The van der Waals surface area contributed by atoms with Crippen LogP contribution in [0.1, 0.15) is 31.4 Å². The minimum atomic E-state index is -1.93. The summed E-state index contributed by atoms with van der Waals surface area (Å²) in [6, 6.07) is 10.6. The molecule has 0 bridgehead atoms. The van der Waals surface area contributed by atoms with Crippen molar-refractivity contribution in [2.24, 2.45) is 0 Å². The third-order valence-electron chi connectivity index (χ3n) is 3.51. The normalized spacial score (nSPS) is 14.1. The average Bonchev–Trinajstić information content (AvgIpc) is 2.47. The standard InChI is InChI=1S/C16H26O2Si/c1-5-14-19(7-3,17-4)18-13-12-16-10-8-15(6-2)9-11-16/h6,8-11H,2,5,7,12-14H2,1,3-4H3. The third kappa shape index (κ3) is 4.94. The summed E-state index contributed by atoms with van der Waals surface area (Å²) in [6.07, 6.45) is 3.93. The highest BCUT2D eigenvalue weighted by Crippen LogP contribution is 2.20. The average molecular weight is 278 g/mol. The third-order valence-corrected chi connectivity index (χ3v) is 7.33. The molecule has 0 N–H and O–H groups in total. The number of hydrogen-bond acceptors (Lipinski definition) is 2. The Bertz CT molecular complexity index is 369. The van der Waals surface area contributed by atoms with Gasteiger partial charge in [0, 0.05) is 13.7 Å². The van der Waals surface area contributed by atoms with E-state index in [9.17, 15) is 0 Å². The van der Waals surface area contributed by atoms with E-state index >= 15 is 0 Å². The summed E-state index contributed by atoms with van der Waals surface area (Å²) < 4.78 is 11.8. The van der Waals surface area contributed by atoms with Crippen molar-refractivity contribution >= 4 is 14.6 Å². The zero-order chi connectivity index (χ0) is 14.1. The summed E-state index contributed by atoms with van der Waals surface area (Å²) in [5, 5.41) is 0. The molecule has 2 nitrogen and oxygen atoms in total. The molecule has 0 amide bonds. The maximum Gasteiger partial charge on any atom is 0.337 e. The van der Waals surface area contributed by atoms with Crippen LogP contribution in [0.15, 0.2) is 30.8 Å². The van der Waals surface area contributed by atoms with E-state index in [1.165, 1.54) is 5.56 Å². The van der Waals surface area contributed by atoms with Crippen molar-refractivity contribution in [3.05, 3.63) is 42.0 Å². The number of benzene rings is 1. The van der Waals surface area contributed by atoms with Crippen molar-refractivity contribution in [3.8, 4) is 0 Å². The molecule has 19 heavy (non-hydrogen) atoms. The van der Waals surface area contributed by atoms with E-state index in [0.717, 1.165) is 37.1 Å². The lowest BCUT2D eigenvalue weighted by atomic mass is 10.1. The predicted molar refractivity (Wildman–Crippen MR) is 84.5 cm³/mol. The lowest BCUT2D eigenvalue weighted by Crippen LogP contribution is -2.40. The van der Waals surface area contributed by atoms with Crippen molar-refractivity contribution in [2.75, 3.05) is 13.7 Å². The Morgan fingerprint density at radius 1 is 1.21 bits per heavy atom. The molecule has 0 saturated heterocycles. The zero-order valence-corrected chi connectivity index (χ0v) is 13.4. The van der Waals surface area contributed by atoms with Crippen molar-refractivity contribution in [2.45, 2.75) is 38.8 Å². The highest BCUT2D eigenvalue weighted by atomic mass is 28.4. The minimum Gasteiger partial charge on any atom is -0.398 e. The van der Waals surface area contributed by atoms with Gasteiger partial charge in [0.05, 0.1) is 0 Å². The van der Waals surface area contributed by atoms with Crippen LogP contribution in [0.3, 0.4) is 0 Å². The van der Waals surface area contributed by atoms with Crippen LogP contribution in [0.4, 0.5) is 0 Å². The van der Waals surface area contributed by atoms with Crippen LogP contribution < -0.4 is 0 Å². The van der Waals surface area contributed by atoms with Gasteiger partial charge in [-0.3, -0.25) is 0 Å². The molecule has 3 heteroatoms. The minimum absolute atomic E-state index is 0.751. The molecule has 0 heterocycles. The first-order valence-corrected chi connectivity index (χ1v) is 9.33. The second kappa shape index (κ2) is 8.30. The molecule has 1 rings (SSSR count). The first-order valence-electron chi connectivity index (χ1n) is 7.10. The molecule has 1 aromatic rings. The summed E-state index contributed by atoms with van der Waals surface area (Å²) in [4.78, 5) is 0. The highest BCUT2D eigenvalue weighted by molar-refractivity contribution is 6.67. The van der Waals surface area contributed by atoms with E-state index in [2.05, 4.69) is 44.7 Å². The number of hydrogen-bond donors (Lipinski definition) is 0. The fourth-order valence-electron chi connectivity index (χ4n) is 2.21. The van der Waals surface area contributed by atoms with E-state index < -0.39 is 8.56 Å². The molecule has 0 fully saturated rings. The maximum atomic E-state index is 6.13. The summed E-state index contributed by atoms with van der Waals surface area (Å²) >= 11 is 0. The summed E-state index contributed by atoms with van der Waals surface area (Å²) in [6.45, 7) is 8.87. The van der Waals surface area contributed by atoms with Crippen LogP contribution >= 0.6 is 0 Å². The van der Waals surface area contributed by atoms with Crippen molar-refractivity contribution in [1.82, 2.24) is 0 Å². The van der Waals surface area contributed by atoms with Crippen LogP contribution in [0, 0.1) is 0 Å². The van der Waals surface area contributed by atoms with Crippen LogP contribution in [-0.2, 0) is 15.3 Å². The van der Waals surface area contributed by atoms with Gasteiger partial charge in [0.1, 0.15) is 0 Å². The molecule has 0 radical (unpaired) electrons. The van der Waals surface area contributed by atoms with Crippen LogP contribution in [0.5, 0.6) is 0 Å². The van der Waals surface area contributed by atoms with Gasteiger partial charge in [-0.15, -0.1) is 0 Å². The van der Waals surface area contributed by atoms with Crippen LogP contribution in [-0.4, -0.2) is 22.3 Å². The topological polar surface area (TPSA) is 18.5 Å². The van der Waals surface area contributed by atoms with Gasteiger partial charge in [-0.2, -0.15) is 0 Å². The molecular weight excluding hydrogens is 252 g/mol. The Labute approximate surface area is 118 Å². The van der Waals surface area contributed by atoms with Gasteiger partial charge < -0.3 is 8.85 Å². The Morgan fingerprint density at radius 2 is 1.89 bits per heavy atom. The maximum absolute atomic E-state index is 6.13. The first-order chi connectivity index (χ1) is 9.19. The quantitative estimate of drug-likeness (QED) is 0.623. The fourth-order valence-corrected chi connectivity index (χ4v) is 4.76. The molecule has 0 aliphatic carbocycles. The molecule has 0 aliphatic rings. The van der Waals surface area contributed by atoms with E-state index in [0.29, 0.717) is 0 Å². The lowest BCUT2D eigenvalue weighted by Gasteiger charge is -2.27. The van der Waals surface area contributed by atoms with Crippen molar-refractivity contribution in [3.63, 3.8) is 0 Å². The SMILES string of the molecule is C=Cc1ccc(CCO[Si](CC)(CCC)OC)cc1. The molecule has 1 unspecified atom stereocenters. The molecular formula is C16H26O2Si. The van der Waals surface area contributed by atoms with E-state index in [-0.39, 0.29) is 0 Å². The second-order valence-electron chi connectivity index (χ2n) is 4.76. The van der Waals surface area contributed by atoms with Gasteiger partial charge in [-0.05, 0) is 29.6 Å². The highest BCUT2D eigenvalue weighted by Gasteiger charge is 2.33. The van der Waals surface area contributed by atoms with Gasteiger partial charge in [0.25, 0.3) is 0 Å². The van der Waals surface area contributed by atoms with Gasteiger partial charge in [-0.1, -0.05) is 57.2 Å². The zero-order valence-electron chi connectivity index (χ0n) is 12.4. The molecule has 1 atom stereocenters. The molecule has 0 spiro atoms. The number of rotatable bonds is 9. The van der Waals surface area contributed by atoms with Gasteiger partial charge in [0.2, 0.25) is 0 Å². The van der Waals surface area contributed by atoms with Crippen molar-refractivity contribution in [1.29, 1.82) is 0 Å².